The van der Waals surface area contributed by atoms with E-state index >= 15 is 0 Å². The summed E-state index contributed by atoms with van der Waals surface area (Å²) >= 11 is 5.29. The molecule has 1 heterocycles. The molecule has 0 nitrogen and oxygen atoms in total. The van der Waals surface area contributed by atoms with E-state index in [9.17, 15) is 0 Å². The van der Waals surface area contributed by atoms with Crippen LogP contribution in [-0.4, -0.2) is 0 Å². The van der Waals surface area contributed by atoms with Crippen LogP contribution >= 0.6 is 27.3 Å². The SMILES string of the molecule is Cc1ccccc1Cc1ccc(Br)s1. The van der Waals surface area contributed by atoms with Crippen molar-refractivity contribution in [1.82, 2.24) is 0 Å². The second kappa shape index (κ2) is 4.28. The van der Waals surface area contributed by atoms with E-state index in [0.29, 0.717) is 0 Å². The van der Waals surface area contributed by atoms with Gasteiger partial charge in [-0.25, -0.2) is 0 Å². The molecular formula is C12H11BrS. The first kappa shape index (κ1) is 9.94. The molecule has 0 aliphatic rings. The molecule has 0 bridgehead atoms. The Morgan fingerprint density at radius 1 is 1.14 bits per heavy atom. The largest absolute Gasteiger partial charge is 0.133 e. The van der Waals surface area contributed by atoms with Gasteiger partial charge >= 0.3 is 0 Å². The Labute approximate surface area is 96.7 Å². The van der Waals surface area contributed by atoms with Crippen LogP contribution < -0.4 is 0 Å². The van der Waals surface area contributed by atoms with E-state index in [-0.39, 0.29) is 0 Å². The van der Waals surface area contributed by atoms with E-state index in [1.807, 2.05) is 11.3 Å². The molecule has 0 aliphatic carbocycles. The molecule has 1 aromatic heterocycles. The molecule has 0 saturated heterocycles. The molecular weight excluding hydrogens is 256 g/mol. The van der Waals surface area contributed by atoms with Crippen molar-refractivity contribution in [1.29, 1.82) is 0 Å². The smallest absolute Gasteiger partial charge is 0.0701 e. The summed E-state index contributed by atoms with van der Waals surface area (Å²) in [6.07, 6.45) is 1.04. The lowest BCUT2D eigenvalue weighted by Gasteiger charge is -2.02. The molecule has 0 N–H and O–H groups in total. The number of hydrogen-bond donors (Lipinski definition) is 0. The van der Waals surface area contributed by atoms with Gasteiger partial charge in [0.1, 0.15) is 0 Å². The van der Waals surface area contributed by atoms with E-state index < -0.39 is 0 Å². The maximum Gasteiger partial charge on any atom is 0.0701 e. The number of benzene rings is 1. The van der Waals surface area contributed by atoms with Crippen LogP contribution in [0.2, 0.25) is 0 Å². The molecule has 2 aromatic rings. The van der Waals surface area contributed by atoms with E-state index in [2.05, 4.69) is 59.3 Å². The average Bonchev–Trinajstić information content (AvgIpc) is 2.56. The molecule has 0 saturated carbocycles. The van der Waals surface area contributed by atoms with Gasteiger partial charge in [-0.3, -0.25) is 0 Å². The first-order valence-corrected chi connectivity index (χ1v) is 6.15. The van der Waals surface area contributed by atoms with Gasteiger partial charge in [-0.15, -0.1) is 11.3 Å². The number of thiophene rings is 1. The highest BCUT2D eigenvalue weighted by Gasteiger charge is 2.01. The van der Waals surface area contributed by atoms with Crippen molar-refractivity contribution in [3.05, 3.63) is 56.2 Å². The Bertz CT molecular complexity index is 431. The van der Waals surface area contributed by atoms with Crippen LogP contribution in [0.3, 0.4) is 0 Å². The van der Waals surface area contributed by atoms with Gasteiger partial charge in [0.15, 0.2) is 0 Å². The van der Waals surface area contributed by atoms with Crippen molar-refractivity contribution in [2.45, 2.75) is 13.3 Å². The van der Waals surface area contributed by atoms with Gasteiger partial charge in [-0.1, -0.05) is 24.3 Å². The Morgan fingerprint density at radius 2 is 1.93 bits per heavy atom. The van der Waals surface area contributed by atoms with Crippen molar-refractivity contribution >= 4 is 27.3 Å². The molecule has 1 aromatic carbocycles. The lowest BCUT2D eigenvalue weighted by molar-refractivity contribution is 1.19. The van der Waals surface area contributed by atoms with Gasteiger partial charge in [0.25, 0.3) is 0 Å². The summed E-state index contributed by atoms with van der Waals surface area (Å²) in [6.45, 7) is 2.16. The Morgan fingerprint density at radius 3 is 2.57 bits per heavy atom. The van der Waals surface area contributed by atoms with Crippen molar-refractivity contribution in [2.24, 2.45) is 0 Å². The maximum absolute atomic E-state index is 3.48. The third kappa shape index (κ3) is 2.25. The second-order valence-corrected chi connectivity index (χ2v) is 5.86. The van der Waals surface area contributed by atoms with Crippen LogP contribution in [-0.2, 0) is 6.42 Å². The van der Waals surface area contributed by atoms with Crippen LogP contribution in [0.5, 0.6) is 0 Å². The topological polar surface area (TPSA) is 0 Å². The average molecular weight is 267 g/mol. The van der Waals surface area contributed by atoms with Gasteiger partial charge in [-0.2, -0.15) is 0 Å². The fraction of sp³-hybridized carbons (Fsp3) is 0.167. The Balaban J connectivity index is 2.23. The Hall–Kier alpha value is -0.600. The third-order valence-electron chi connectivity index (χ3n) is 2.25. The summed E-state index contributed by atoms with van der Waals surface area (Å²) in [5, 5.41) is 0. The molecule has 14 heavy (non-hydrogen) atoms. The van der Waals surface area contributed by atoms with Crippen molar-refractivity contribution in [3.8, 4) is 0 Å². The monoisotopic (exact) mass is 266 g/mol. The summed E-state index contributed by atoms with van der Waals surface area (Å²) in [5.41, 5.74) is 2.79. The highest BCUT2D eigenvalue weighted by Crippen LogP contribution is 2.25. The van der Waals surface area contributed by atoms with Crippen LogP contribution in [0.4, 0.5) is 0 Å². The number of halogens is 1. The zero-order valence-electron chi connectivity index (χ0n) is 7.96. The normalized spacial score (nSPS) is 10.4. The first-order valence-electron chi connectivity index (χ1n) is 4.54. The van der Waals surface area contributed by atoms with Crippen molar-refractivity contribution in [3.63, 3.8) is 0 Å². The number of aryl methyl sites for hydroxylation is 1. The quantitative estimate of drug-likeness (QED) is 0.756. The molecule has 72 valence electrons. The summed E-state index contributed by atoms with van der Waals surface area (Å²) in [4.78, 5) is 1.41. The maximum atomic E-state index is 3.48. The highest BCUT2D eigenvalue weighted by molar-refractivity contribution is 9.11. The summed E-state index contributed by atoms with van der Waals surface area (Å²) in [6, 6.07) is 12.8. The predicted octanol–water partition coefficient (Wildman–Crippen LogP) is 4.41. The van der Waals surface area contributed by atoms with Crippen LogP contribution in [0.25, 0.3) is 0 Å². The highest BCUT2D eigenvalue weighted by atomic mass is 79.9. The molecule has 0 unspecified atom stereocenters. The van der Waals surface area contributed by atoms with Gasteiger partial charge in [-0.05, 0) is 46.1 Å². The third-order valence-corrected chi connectivity index (χ3v) is 3.88. The molecule has 0 spiro atoms. The lowest BCUT2D eigenvalue weighted by Crippen LogP contribution is -1.87. The minimum atomic E-state index is 1.04. The molecule has 0 radical (unpaired) electrons. The minimum Gasteiger partial charge on any atom is -0.133 e. The zero-order valence-corrected chi connectivity index (χ0v) is 10.4. The molecule has 2 heteroatoms. The lowest BCUT2D eigenvalue weighted by atomic mass is 10.1. The fourth-order valence-electron chi connectivity index (χ4n) is 1.44. The summed E-state index contributed by atoms with van der Waals surface area (Å²) in [5.74, 6) is 0. The standard InChI is InChI=1S/C12H11BrS/c1-9-4-2-3-5-10(9)8-11-6-7-12(13)14-11/h2-7H,8H2,1H3. The van der Waals surface area contributed by atoms with E-state index in [4.69, 9.17) is 0 Å². The van der Waals surface area contributed by atoms with Gasteiger partial charge in [0.05, 0.1) is 3.79 Å². The first-order chi connectivity index (χ1) is 6.75. The van der Waals surface area contributed by atoms with E-state index in [1.54, 1.807) is 0 Å². The summed E-state index contributed by atoms with van der Waals surface area (Å²) in [7, 11) is 0. The molecule has 0 atom stereocenters. The number of hydrogen-bond acceptors (Lipinski definition) is 1. The zero-order chi connectivity index (χ0) is 9.97. The fourth-order valence-corrected chi connectivity index (χ4v) is 2.95. The molecule has 0 fully saturated rings. The van der Waals surface area contributed by atoms with Gasteiger partial charge in [0.2, 0.25) is 0 Å². The second-order valence-electron chi connectivity index (χ2n) is 3.31. The molecule has 2 rings (SSSR count). The number of rotatable bonds is 2. The molecule has 0 amide bonds. The van der Waals surface area contributed by atoms with E-state index in [1.165, 1.54) is 19.8 Å². The summed E-state index contributed by atoms with van der Waals surface area (Å²) < 4.78 is 1.21. The van der Waals surface area contributed by atoms with Crippen LogP contribution in [0, 0.1) is 6.92 Å². The van der Waals surface area contributed by atoms with Crippen molar-refractivity contribution in [2.75, 3.05) is 0 Å². The van der Waals surface area contributed by atoms with E-state index in [0.717, 1.165) is 6.42 Å². The van der Waals surface area contributed by atoms with Gasteiger partial charge in [0, 0.05) is 11.3 Å². The van der Waals surface area contributed by atoms with Crippen LogP contribution in [0.1, 0.15) is 16.0 Å². The predicted molar refractivity (Wildman–Crippen MR) is 66.0 cm³/mol. The minimum absolute atomic E-state index is 1.04. The Kier molecular flexibility index (Phi) is 3.04. The van der Waals surface area contributed by atoms with Crippen LogP contribution in [0.15, 0.2) is 40.2 Å². The van der Waals surface area contributed by atoms with Gasteiger partial charge < -0.3 is 0 Å². The molecule has 0 aliphatic heterocycles. The van der Waals surface area contributed by atoms with Crippen molar-refractivity contribution < 1.29 is 0 Å².